The smallest absolute Gasteiger partial charge is 0.263 e. The number of Topliss-reactive ketones (excluding diaryl/α,β-unsaturated/α-hetero) is 1. The zero-order valence-corrected chi connectivity index (χ0v) is 15.2. The quantitative estimate of drug-likeness (QED) is 0.711. The molecule has 0 spiro atoms. The molecule has 3 aromatic rings. The van der Waals surface area contributed by atoms with Crippen LogP contribution in [0.25, 0.3) is 21.6 Å². The lowest BCUT2D eigenvalue weighted by molar-refractivity contribution is -0.119. The molecule has 128 valence electrons. The Morgan fingerprint density at radius 3 is 2.64 bits per heavy atom. The van der Waals surface area contributed by atoms with Crippen LogP contribution in [0.4, 0.5) is 0 Å². The van der Waals surface area contributed by atoms with E-state index in [0.717, 1.165) is 40.6 Å². The van der Waals surface area contributed by atoms with E-state index in [-0.39, 0.29) is 11.3 Å². The molecule has 2 heterocycles. The zero-order valence-electron chi connectivity index (χ0n) is 14.4. The molecule has 2 aromatic heterocycles. The molecule has 0 N–H and O–H groups in total. The summed E-state index contributed by atoms with van der Waals surface area (Å²) in [6.07, 6.45) is 4.24. The van der Waals surface area contributed by atoms with Gasteiger partial charge in [0.05, 0.1) is 11.4 Å². The predicted molar refractivity (Wildman–Crippen MR) is 101 cm³/mol. The highest BCUT2D eigenvalue weighted by atomic mass is 32.1. The number of aromatic nitrogens is 2. The van der Waals surface area contributed by atoms with Crippen LogP contribution in [0, 0.1) is 0 Å². The minimum absolute atomic E-state index is 0.0375. The average Bonchev–Trinajstić information content (AvgIpc) is 3.00. The first-order valence-corrected chi connectivity index (χ1v) is 9.52. The summed E-state index contributed by atoms with van der Waals surface area (Å²) in [7, 11) is 0. The van der Waals surface area contributed by atoms with Crippen molar-refractivity contribution in [1.29, 1.82) is 0 Å². The average molecular weight is 352 g/mol. The third-order valence-corrected chi connectivity index (χ3v) is 6.21. The lowest BCUT2D eigenvalue weighted by Crippen LogP contribution is -2.29. The molecule has 0 bridgehead atoms. The van der Waals surface area contributed by atoms with Gasteiger partial charge < -0.3 is 0 Å². The van der Waals surface area contributed by atoms with Crippen LogP contribution in [-0.4, -0.2) is 15.3 Å². The highest BCUT2D eigenvalue weighted by molar-refractivity contribution is 7.18. The summed E-state index contributed by atoms with van der Waals surface area (Å²) in [4.78, 5) is 32.4. The van der Waals surface area contributed by atoms with Crippen LogP contribution in [0.2, 0.25) is 0 Å². The van der Waals surface area contributed by atoms with E-state index in [1.54, 1.807) is 22.8 Å². The molecule has 0 radical (unpaired) electrons. The summed E-state index contributed by atoms with van der Waals surface area (Å²) in [6.45, 7) is 3.31. The fraction of sp³-hybridized carbons (Fsp3) is 0.350. The first-order valence-electron chi connectivity index (χ1n) is 8.70. The summed E-state index contributed by atoms with van der Waals surface area (Å²) >= 11 is 1.64. The fourth-order valence-corrected chi connectivity index (χ4v) is 4.80. The van der Waals surface area contributed by atoms with Crippen molar-refractivity contribution in [2.24, 2.45) is 0 Å². The Hall–Kier alpha value is -2.27. The van der Waals surface area contributed by atoms with E-state index in [1.165, 1.54) is 18.2 Å². The molecule has 0 fully saturated rings. The molecule has 4 rings (SSSR count). The number of carbonyl (C=O) groups is 1. The largest absolute Gasteiger partial charge is 0.298 e. The Morgan fingerprint density at radius 2 is 1.92 bits per heavy atom. The maximum absolute atomic E-state index is 13.4. The van der Waals surface area contributed by atoms with E-state index in [0.29, 0.717) is 5.82 Å². The van der Waals surface area contributed by atoms with Crippen molar-refractivity contribution in [2.75, 3.05) is 0 Å². The Balaban J connectivity index is 2.08. The van der Waals surface area contributed by atoms with Gasteiger partial charge in [0, 0.05) is 10.4 Å². The highest BCUT2D eigenvalue weighted by Crippen LogP contribution is 2.35. The van der Waals surface area contributed by atoms with Crippen molar-refractivity contribution < 1.29 is 4.79 Å². The Bertz CT molecular complexity index is 1020. The second-order valence-electron chi connectivity index (χ2n) is 6.65. The molecule has 0 amide bonds. The Morgan fingerprint density at radius 1 is 1.20 bits per heavy atom. The van der Waals surface area contributed by atoms with Crippen molar-refractivity contribution in [1.82, 2.24) is 9.55 Å². The van der Waals surface area contributed by atoms with Gasteiger partial charge in [-0.15, -0.1) is 11.3 Å². The van der Waals surface area contributed by atoms with Crippen LogP contribution in [0.5, 0.6) is 0 Å². The van der Waals surface area contributed by atoms with Gasteiger partial charge in [-0.2, -0.15) is 0 Å². The molecule has 0 aliphatic heterocycles. The third kappa shape index (κ3) is 2.63. The second kappa shape index (κ2) is 6.23. The fourth-order valence-electron chi connectivity index (χ4n) is 3.55. The lowest BCUT2D eigenvalue weighted by atomic mass is 9.97. The number of aryl methyl sites for hydroxylation is 2. The minimum atomic E-state index is -0.529. The number of hydrogen-bond acceptors (Lipinski definition) is 4. The zero-order chi connectivity index (χ0) is 17.6. The van der Waals surface area contributed by atoms with Crippen molar-refractivity contribution in [3.63, 3.8) is 0 Å². The Labute approximate surface area is 150 Å². The first kappa shape index (κ1) is 16.2. The van der Waals surface area contributed by atoms with Gasteiger partial charge in [-0.1, -0.05) is 30.3 Å². The van der Waals surface area contributed by atoms with Crippen LogP contribution in [0.1, 0.15) is 43.2 Å². The number of ketones is 1. The number of thiophene rings is 1. The molecule has 1 aliphatic rings. The molecule has 1 atom stereocenters. The Kier molecular flexibility index (Phi) is 4.04. The minimum Gasteiger partial charge on any atom is -0.298 e. The number of carbonyl (C=O) groups excluding carboxylic acids is 1. The molecule has 1 aromatic carbocycles. The normalized spacial score (nSPS) is 15.1. The molecular formula is C20H20N2O2S. The van der Waals surface area contributed by atoms with Gasteiger partial charge in [-0.3, -0.25) is 14.2 Å². The first-order chi connectivity index (χ1) is 12.1. The van der Waals surface area contributed by atoms with E-state index in [4.69, 9.17) is 4.98 Å². The summed E-state index contributed by atoms with van der Waals surface area (Å²) in [5.74, 6) is 0.545. The maximum Gasteiger partial charge on any atom is 0.263 e. The summed E-state index contributed by atoms with van der Waals surface area (Å²) in [5.41, 5.74) is 1.94. The number of hydrogen-bond donors (Lipinski definition) is 0. The molecule has 0 saturated heterocycles. The predicted octanol–water partition coefficient (Wildman–Crippen LogP) is 4.15. The van der Waals surface area contributed by atoms with E-state index in [2.05, 4.69) is 0 Å². The van der Waals surface area contributed by atoms with E-state index < -0.39 is 6.04 Å². The number of nitrogens with zero attached hydrogens (tertiary/aromatic N) is 2. The molecule has 0 saturated carbocycles. The number of benzene rings is 1. The van der Waals surface area contributed by atoms with Gasteiger partial charge in [-0.25, -0.2) is 4.98 Å². The molecule has 4 nitrogen and oxygen atoms in total. The van der Waals surface area contributed by atoms with Gasteiger partial charge in [0.25, 0.3) is 5.56 Å². The monoisotopic (exact) mass is 352 g/mol. The SMILES string of the molecule is CC(=O)C(C)n1c(-c2ccccc2)nc2sc3c(c2c1=O)CCCC3. The molecule has 1 unspecified atom stereocenters. The van der Waals surface area contributed by atoms with Crippen LogP contribution in [0.15, 0.2) is 35.1 Å². The van der Waals surface area contributed by atoms with Crippen molar-refractivity contribution in [2.45, 2.75) is 45.6 Å². The van der Waals surface area contributed by atoms with Crippen molar-refractivity contribution >= 4 is 27.3 Å². The third-order valence-electron chi connectivity index (χ3n) is 5.03. The summed E-state index contributed by atoms with van der Waals surface area (Å²) in [6, 6.07) is 9.12. The van der Waals surface area contributed by atoms with Crippen LogP contribution < -0.4 is 5.56 Å². The van der Waals surface area contributed by atoms with Gasteiger partial charge in [0.15, 0.2) is 5.78 Å². The number of rotatable bonds is 3. The van der Waals surface area contributed by atoms with Gasteiger partial charge in [-0.05, 0) is 45.1 Å². The summed E-state index contributed by atoms with van der Waals surface area (Å²) in [5, 5.41) is 0.729. The lowest BCUT2D eigenvalue weighted by Gasteiger charge is -2.18. The molecule has 1 aliphatic carbocycles. The van der Waals surface area contributed by atoms with E-state index in [1.807, 2.05) is 30.3 Å². The van der Waals surface area contributed by atoms with Crippen molar-refractivity contribution in [3.05, 3.63) is 51.1 Å². The maximum atomic E-state index is 13.4. The second-order valence-corrected chi connectivity index (χ2v) is 7.74. The summed E-state index contributed by atoms with van der Waals surface area (Å²) < 4.78 is 1.58. The molecule has 5 heteroatoms. The number of fused-ring (bicyclic) bond motifs is 3. The van der Waals surface area contributed by atoms with Gasteiger partial charge in [0.1, 0.15) is 10.7 Å². The standard InChI is InChI=1S/C20H20N2O2S/c1-12(13(2)23)22-18(14-8-4-3-5-9-14)21-19-17(20(22)24)15-10-6-7-11-16(15)25-19/h3-5,8-9,12H,6-7,10-11H2,1-2H3. The van der Waals surface area contributed by atoms with E-state index in [9.17, 15) is 9.59 Å². The van der Waals surface area contributed by atoms with Crippen LogP contribution >= 0.6 is 11.3 Å². The van der Waals surface area contributed by atoms with Gasteiger partial charge in [0.2, 0.25) is 0 Å². The highest BCUT2D eigenvalue weighted by Gasteiger charge is 2.25. The molecule has 25 heavy (non-hydrogen) atoms. The van der Waals surface area contributed by atoms with Crippen molar-refractivity contribution in [3.8, 4) is 11.4 Å². The van der Waals surface area contributed by atoms with Crippen LogP contribution in [0.3, 0.4) is 0 Å². The van der Waals surface area contributed by atoms with Gasteiger partial charge >= 0.3 is 0 Å². The molecular weight excluding hydrogens is 332 g/mol. The van der Waals surface area contributed by atoms with Crippen LogP contribution in [-0.2, 0) is 17.6 Å². The van der Waals surface area contributed by atoms with E-state index >= 15 is 0 Å². The topological polar surface area (TPSA) is 52.0 Å².